The largest absolute Gasteiger partial charge is 0.383 e. The number of nitrogens with two attached hydrogens (primary N) is 1. The molecule has 2 amide bonds. The predicted molar refractivity (Wildman–Crippen MR) is 64.2 cm³/mol. The lowest BCUT2D eigenvalue weighted by Crippen LogP contribution is -2.31. The number of pyridine rings is 1. The van der Waals surface area contributed by atoms with Gasteiger partial charge in [-0.15, -0.1) is 0 Å². The van der Waals surface area contributed by atoms with Crippen LogP contribution in [-0.2, 0) is 4.79 Å². The van der Waals surface area contributed by atoms with Crippen molar-refractivity contribution in [2.24, 2.45) is 0 Å². The molecule has 0 saturated heterocycles. The molecule has 1 aromatic rings. The van der Waals surface area contributed by atoms with Crippen molar-refractivity contribution in [3.8, 4) is 0 Å². The Morgan fingerprint density at radius 1 is 1.44 bits per heavy atom. The summed E-state index contributed by atoms with van der Waals surface area (Å²) < 4.78 is 12.9. The van der Waals surface area contributed by atoms with Crippen LogP contribution in [0.1, 0.15) is 23.7 Å². The molecular weight excluding hydrogens is 239 g/mol. The minimum Gasteiger partial charge on any atom is -0.383 e. The molecule has 98 valence electrons. The number of nitrogens with one attached hydrogen (secondary N) is 2. The zero-order chi connectivity index (χ0) is 13.5. The number of hydrogen-bond acceptors (Lipinski definition) is 4. The third-order valence-corrected chi connectivity index (χ3v) is 2.14. The van der Waals surface area contributed by atoms with Crippen LogP contribution in [0.15, 0.2) is 12.3 Å². The standard InChI is InChI=1S/C11H15FN4O2/c1-2-14-9(17)3-4-15-11(18)8-5-7(12)6-16-10(8)13/h5-6H,2-4H2,1H3,(H2,13,16)(H,14,17)(H,15,18). The molecule has 0 aromatic carbocycles. The molecule has 0 unspecified atom stereocenters. The molecule has 6 nitrogen and oxygen atoms in total. The summed E-state index contributed by atoms with van der Waals surface area (Å²) in [4.78, 5) is 26.3. The lowest BCUT2D eigenvalue weighted by Gasteiger charge is -2.07. The zero-order valence-electron chi connectivity index (χ0n) is 10.00. The second-order valence-electron chi connectivity index (χ2n) is 3.55. The Balaban J connectivity index is 2.50. The topological polar surface area (TPSA) is 97.1 Å². The normalized spacial score (nSPS) is 9.89. The number of nitrogen functional groups attached to an aromatic ring is 1. The Morgan fingerprint density at radius 2 is 2.17 bits per heavy atom. The highest BCUT2D eigenvalue weighted by atomic mass is 19.1. The minimum absolute atomic E-state index is 0.0362. The summed E-state index contributed by atoms with van der Waals surface area (Å²) >= 11 is 0. The van der Waals surface area contributed by atoms with Crippen LogP contribution in [0, 0.1) is 5.82 Å². The fourth-order valence-electron chi connectivity index (χ4n) is 1.30. The van der Waals surface area contributed by atoms with E-state index in [1.165, 1.54) is 0 Å². The molecular formula is C11H15FN4O2. The molecule has 0 aliphatic heterocycles. The van der Waals surface area contributed by atoms with Crippen LogP contribution >= 0.6 is 0 Å². The molecule has 0 aliphatic carbocycles. The zero-order valence-corrected chi connectivity index (χ0v) is 10.00. The number of aromatic nitrogens is 1. The van der Waals surface area contributed by atoms with Crippen molar-refractivity contribution in [2.45, 2.75) is 13.3 Å². The van der Waals surface area contributed by atoms with E-state index in [2.05, 4.69) is 15.6 Å². The van der Waals surface area contributed by atoms with Gasteiger partial charge >= 0.3 is 0 Å². The molecule has 0 fully saturated rings. The fraction of sp³-hybridized carbons (Fsp3) is 0.364. The van der Waals surface area contributed by atoms with Gasteiger partial charge in [0.15, 0.2) is 0 Å². The number of carbonyl (C=O) groups is 2. The van der Waals surface area contributed by atoms with Crippen molar-refractivity contribution in [3.63, 3.8) is 0 Å². The smallest absolute Gasteiger partial charge is 0.255 e. The van der Waals surface area contributed by atoms with Gasteiger partial charge in [0.25, 0.3) is 5.91 Å². The van der Waals surface area contributed by atoms with Gasteiger partial charge in [-0.3, -0.25) is 9.59 Å². The third kappa shape index (κ3) is 4.00. The molecule has 1 aromatic heterocycles. The van der Waals surface area contributed by atoms with Gasteiger partial charge in [0.05, 0.1) is 11.8 Å². The molecule has 18 heavy (non-hydrogen) atoms. The number of nitrogens with zero attached hydrogens (tertiary/aromatic N) is 1. The maximum Gasteiger partial charge on any atom is 0.255 e. The molecule has 0 atom stereocenters. The van der Waals surface area contributed by atoms with Gasteiger partial charge in [0.2, 0.25) is 5.91 Å². The van der Waals surface area contributed by atoms with Crippen LogP contribution in [0.3, 0.4) is 0 Å². The molecule has 0 aliphatic rings. The van der Waals surface area contributed by atoms with E-state index >= 15 is 0 Å². The lowest BCUT2D eigenvalue weighted by molar-refractivity contribution is -0.120. The summed E-state index contributed by atoms with van der Waals surface area (Å²) in [6, 6.07) is 1.00. The van der Waals surface area contributed by atoms with E-state index in [9.17, 15) is 14.0 Å². The molecule has 0 saturated carbocycles. The van der Waals surface area contributed by atoms with Gasteiger partial charge in [0, 0.05) is 19.5 Å². The summed E-state index contributed by atoms with van der Waals surface area (Å²) in [5.74, 6) is -1.41. The number of rotatable bonds is 5. The van der Waals surface area contributed by atoms with E-state index in [4.69, 9.17) is 5.73 Å². The molecule has 0 spiro atoms. The molecule has 7 heteroatoms. The molecule has 1 rings (SSSR count). The average Bonchev–Trinajstić information content (AvgIpc) is 2.32. The second kappa shape index (κ2) is 6.53. The average molecular weight is 254 g/mol. The first-order chi connectivity index (χ1) is 8.54. The van der Waals surface area contributed by atoms with Crippen molar-refractivity contribution in [3.05, 3.63) is 23.6 Å². The monoisotopic (exact) mass is 254 g/mol. The second-order valence-corrected chi connectivity index (χ2v) is 3.55. The SMILES string of the molecule is CCNC(=O)CCNC(=O)c1cc(F)cnc1N. The Bertz CT molecular complexity index is 451. The van der Waals surface area contributed by atoms with Gasteiger partial charge < -0.3 is 16.4 Å². The van der Waals surface area contributed by atoms with E-state index in [0.717, 1.165) is 12.3 Å². The lowest BCUT2D eigenvalue weighted by atomic mass is 10.2. The first-order valence-corrected chi connectivity index (χ1v) is 5.50. The Hall–Kier alpha value is -2.18. The highest BCUT2D eigenvalue weighted by molar-refractivity contribution is 5.98. The number of anilines is 1. The van der Waals surface area contributed by atoms with Gasteiger partial charge in [-0.1, -0.05) is 0 Å². The first kappa shape index (κ1) is 13.9. The number of halogens is 1. The van der Waals surface area contributed by atoms with Gasteiger partial charge in [-0.05, 0) is 13.0 Å². The van der Waals surface area contributed by atoms with Crippen molar-refractivity contribution in [1.29, 1.82) is 0 Å². The summed E-state index contributed by atoms with van der Waals surface area (Å²) in [6.07, 6.45) is 1.09. The van der Waals surface area contributed by atoms with E-state index in [1.54, 1.807) is 6.92 Å². The van der Waals surface area contributed by atoms with Crippen molar-refractivity contribution >= 4 is 17.6 Å². The summed E-state index contributed by atoms with van der Waals surface area (Å²) in [5.41, 5.74) is 5.42. The Morgan fingerprint density at radius 3 is 2.83 bits per heavy atom. The summed E-state index contributed by atoms with van der Waals surface area (Å²) in [6.45, 7) is 2.49. The number of hydrogen-bond donors (Lipinski definition) is 3. The van der Waals surface area contributed by atoms with Crippen LogP contribution < -0.4 is 16.4 Å². The quantitative estimate of drug-likeness (QED) is 0.692. The van der Waals surface area contributed by atoms with Gasteiger partial charge in [-0.2, -0.15) is 0 Å². The van der Waals surface area contributed by atoms with E-state index in [1.807, 2.05) is 0 Å². The molecule has 0 bridgehead atoms. The molecule has 0 radical (unpaired) electrons. The Labute approximate surface area is 104 Å². The van der Waals surface area contributed by atoms with Crippen molar-refractivity contribution in [2.75, 3.05) is 18.8 Å². The van der Waals surface area contributed by atoms with E-state index in [0.29, 0.717) is 6.54 Å². The molecule has 4 N–H and O–H groups in total. The van der Waals surface area contributed by atoms with Crippen molar-refractivity contribution < 1.29 is 14.0 Å². The highest BCUT2D eigenvalue weighted by Crippen LogP contribution is 2.09. The van der Waals surface area contributed by atoms with Crippen LogP contribution in [0.4, 0.5) is 10.2 Å². The first-order valence-electron chi connectivity index (χ1n) is 5.50. The Kier molecular flexibility index (Phi) is 5.04. The maximum absolute atomic E-state index is 12.9. The predicted octanol–water partition coefficient (Wildman–Crippen LogP) is 0.0589. The van der Waals surface area contributed by atoms with Crippen LogP contribution in [0.5, 0.6) is 0 Å². The van der Waals surface area contributed by atoms with Crippen molar-refractivity contribution in [1.82, 2.24) is 15.6 Å². The van der Waals surface area contributed by atoms with Crippen LogP contribution in [-0.4, -0.2) is 29.9 Å². The van der Waals surface area contributed by atoms with Crippen LogP contribution in [0.25, 0.3) is 0 Å². The number of carbonyl (C=O) groups excluding carboxylic acids is 2. The van der Waals surface area contributed by atoms with E-state index in [-0.39, 0.29) is 30.3 Å². The maximum atomic E-state index is 12.9. The summed E-state index contributed by atoms with van der Waals surface area (Å²) in [7, 11) is 0. The third-order valence-electron chi connectivity index (χ3n) is 2.14. The highest BCUT2D eigenvalue weighted by Gasteiger charge is 2.12. The number of amides is 2. The fourth-order valence-corrected chi connectivity index (χ4v) is 1.30. The minimum atomic E-state index is -0.641. The van der Waals surface area contributed by atoms with Gasteiger partial charge in [-0.25, -0.2) is 9.37 Å². The molecule has 1 heterocycles. The van der Waals surface area contributed by atoms with Crippen LogP contribution in [0.2, 0.25) is 0 Å². The van der Waals surface area contributed by atoms with E-state index < -0.39 is 11.7 Å². The summed E-state index contributed by atoms with van der Waals surface area (Å²) in [5, 5.41) is 5.06. The van der Waals surface area contributed by atoms with Gasteiger partial charge in [0.1, 0.15) is 11.6 Å².